The summed E-state index contributed by atoms with van der Waals surface area (Å²) in [4.78, 5) is 11.8. The number of aromatic carboxylic acids is 1. The second-order valence-electron chi connectivity index (χ2n) is 5.12. The van der Waals surface area contributed by atoms with Crippen LogP contribution in [0.5, 0.6) is 0 Å². The minimum atomic E-state index is -0.838. The average molecular weight is 277 g/mol. The molecule has 4 heteroatoms. The molecule has 2 aromatic rings. The van der Waals surface area contributed by atoms with Gasteiger partial charge in [0.1, 0.15) is 4.88 Å². The highest BCUT2D eigenvalue weighted by atomic mass is 32.1. The molecule has 0 radical (unpaired) electrons. The van der Waals surface area contributed by atoms with Crippen molar-refractivity contribution in [2.24, 2.45) is 5.92 Å². The van der Waals surface area contributed by atoms with Gasteiger partial charge in [-0.25, -0.2) is 4.79 Å². The lowest BCUT2D eigenvalue weighted by Crippen LogP contribution is -2.30. The quantitative estimate of drug-likeness (QED) is 0.875. The van der Waals surface area contributed by atoms with Crippen LogP contribution in [0.25, 0.3) is 10.1 Å². The van der Waals surface area contributed by atoms with E-state index in [1.165, 1.54) is 11.3 Å². The predicted octanol–water partition coefficient (Wildman–Crippen LogP) is 3.73. The third kappa shape index (κ3) is 2.96. The van der Waals surface area contributed by atoms with Crippen molar-refractivity contribution in [1.82, 2.24) is 5.32 Å². The molecular formula is C15H19NO2S. The van der Waals surface area contributed by atoms with Crippen molar-refractivity contribution in [3.05, 3.63) is 34.7 Å². The van der Waals surface area contributed by atoms with Gasteiger partial charge in [0.15, 0.2) is 0 Å². The number of carboxylic acids is 1. The fourth-order valence-corrected chi connectivity index (χ4v) is 3.01. The molecule has 1 aromatic heterocycles. The third-order valence-electron chi connectivity index (χ3n) is 3.49. The largest absolute Gasteiger partial charge is 0.477 e. The molecule has 0 aliphatic carbocycles. The highest BCUT2D eigenvalue weighted by Gasteiger charge is 2.18. The second kappa shape index (κ2) is 5.72. The zero-order chi connectivity index (χ0) is 14.0. The molecule has 102 valence electrons. The minimum absolute atomic E-state index is 0.361. The van der Waals surface area contributed by atoms with Gasteiger partial charge in [0, 0.05) is 17.3 Å². The van der Waals surface area contributed by atoms with Crippen molar-refractivity contribution in [3.8, 4) is 0 Å². The molecule has 19 heavy (non-hydrogen) atoms. The van der Waals surface area contributed by atoms with E-state index in [1.807, 2.05) is 24.3 Å². The first-order chi connectivity index (χ1) is 9.00. The molecule has 0 fully saturated rings. The lowest BCUT2D eigenvalue weighted by atomic mass is 10.1. The van der Waals surface area contributed by atoms with E-state index in [2.05, 4.69) is 26.1 Å². The van der Waals surface area contributed by atoms with Gasteiger partial charge < -0.3 is 10.4 Å². The highest BCUT2D eigenvalue weighted by Crippen LogP contribution is 2.31. The van der Waals surface area contributed by atoms with Gasteiger partial charge in [0.2, 0.25) is 0 Å². The summed E-state index contributed by atoms with van der Waals surface area (Å²) < 4.78 is 1.04. The van der Waals surface area contributed by atoms with Crippen LogP contribution >= 0.6 is 11.3 Å². The maximum Gasteiger partial charge on any atom is 0.346 e. The molecule has 1 unspecified atom stereocenters. The number of nitrogens with one attached hydrogen (secondary N) is 1. The van der Waals surface area contributed by atoms with Gasteiger partial charge in [-0.1, -0.05) is 32.0 Å². The fourth-order valence-electron chi connectivity index (χ4n) is 1.95. The minimum Gasteiger partial charge on any atom is -0.477 e. The number of hydrogen-bond acceptors (Lipinski definition) is 3. The van der Waals surface area contributed by atoms with Crippen molar-refractivity contribution in [2.45, 2.75) is 33.4 Å². The van der Waals surface area contributed by atoms with Gasteiger partial charge in [0.05, 0.1) is 0 Å². The highest BCUT2D eigenvalue weighted by molar-refractivity contribution is 7.21. The molecule has 2 N–H and O–H groups in total. The van der Waals surface area contributed by atoms with E-state index in [9.17, 15) is 9.90 Å². The van der Waals surface area contributed by atoms with E-state index >= 15 is 0 Å². The van der Waals surface area contributed by atoms with E-state index in [0.29, 0.717) is 23.4 Å². The van der Waals surface area contributed by atoms with Crippen molar-refractivity contribution < 1.29 is 9.90 Å². The lowest BCUT2D eigenvalue weighted by Gasteiger charge is -2.17. The number of fused-ring (bicyclic) bond motifs is 1. The van der Waals surface area contributed by atoms with E-state index in [4.69, 9.17) is 0 Å². The summed E-state index contributed by atoms with van der Waals surface area (Å²) in [6.07, 6.45) is 0. The Kier molecular flexibility index (Phi) is 4.22. The van der Waals surface area contributed by atoms with Crippen LogP contribution in [0.2, 0.25) is 0 Å². The first kappa shape index (κ1) is 14.0. The lowest BCUT2D eigenvalue weighted by molar-refractivity contribution is 0.0701. The monoisotopic (exact) mass is 277 g/mol. The SMILES string of the molecule is CC(C)C(C)NCc1c(C(=O)O)sc2ccccc12. The fraction of sp³-hybridized carbons (Fsp3) is 0.400. The van der Waals surface area contributed by atoms with Crippen LogP contribution in [0.15, 0.2) is 24.3 Å². The van der Waals surface area contributed by atoms with Gasteiger partial charge in [0.25, 0.3) is 0 Å². The normalized spacial score (nSPS) is 13.1. The summed E-state index contributed by atoms with van der Waals surface area (Å²) in [5.41, 5.74) is 0.903. The zero-order valence-electron chi connectivity index (χ0n) is 11.4. The first-order valence-electron chi connectivity index (χ1n) is 6.47. The van der Waals surface area contributed by atoms with Crippen LogP contribution in [0.3, 0.4) is 0 Å². The van der Waals surface area contributed by atoms with Gasteiger partial charge in [-0.2, -0.15) is 0 Å². The molecule has 0 amide bonds. The molecule has 0 saturated heterocycles. The smallest absolute Gasteiger partial charge is 0.346 e. The molecule has 0 aliphatic heterocycles. The zero-order valence-corrected chi connectivity index (χ0v) is 12.3. The van der Waals surface area contributed by atoms with Crippen molar-refractivity contribution in [2.75, 3.05) is 0 Å². The predicted molar refractivity (Wildman–Crippen MR) is 79.9 cm³/mol. The Morgan fingerprint density at radius 3 is 2.63 bits per heavy atom. The maximum absolute atomic E-state index is 11.4. The number of carboxylic acid groups (broad SMARTS) is 1. The molecule has 0 aliphatic rings. The van der Waals surface area contributed by atoms with E-state index < -0.39 is 5.97 Å². The standard InChI is InChI=1S/C15H19NO2S/c1-9(2)10(3)16-8-12-11-6-4-5-7-13(11)19-14(12)15(17)18/h4-7,9-10,16H,8H2,1-3H3,(H,17,18). The molecule has 1 atom stereocenters. The summed E-state index contributed by atoms with van der Waals surface area (Å²) in [6, 6.07) is 8.23. The van der Waals surface area contributed by atoms with Crippen LogP contribution < -0.4 is 5.32 Å². The molecule has 3 nitrogen and oxygen atoms in total. The van der Waals surface area contributed by atoms with Crippen LogP contribution in [-0.2, 0) is 6.54 Å². The van der Waals surface area contributed by atoms with Crippen LogP contribution in [0.1, 0.15) is 36.0 Å². The molecule has 0 spiro atoms. The Labute approximate surface area is 117 Å². The topological polar surface area (TPSA) is 49.3 Å². The summed E-state index contributed by atoms with van der Waals surface area (Å²) in [5, 5.41) is 13.8. The van der Waals surface area contributed by atoms with E-state index in [1.54, 1.807) is 0 Å². The van der Waals surface area contributed by atoms with Gasteiger partial charge in [-0.15, -0.1) is 11.3 Å². The van der Waals surface area contributed by atoms with Gasteiger partial charge >= 0.3 is 5.97 Å². The summed E-state index contributed by atoms with van der Waals surface area (Å²) in [6.45, 7) is 7.04. The summed E-state index contributed by atoms with van der Waals surface area (Å²) in [7, 11) is 0. The second-order valence-corrected chi connectivity index (χ2v) is 6.18. The Balaban J connectivity index is 2.34. The van der Waals surface area contributed by atoms with Crippen LogP contribution in [0, 0.1) is 5.92 Å². The van der Waals surface area contributed by atoms with Gasteiger partial charge in [-0.3, -0.25) is 0 Å². The Bertz CT molecular complexity index is 589. The van der Waals surface area contributed by atoms with E-state index in [0.717, 1.165) is 15.6 Å². The number of rotatable bonds is 5. The van der Waals surface area contributed by atoms with Crippen molar-refractivity contribution in [1.29, 1.82) is 0 Å². The molecule has 0 saturated carbocycles. The first-order valence-corrected chi connectivity index (χ1v) is 7.29. The Morgan fingerprint density at radius 2 is 2.00 bits per heavy atom. The Morgan fingerprint density at radius 1 is 1.32 bits per heavy atom. The number of carbonyl (C=O) groups is 1. The average Bonchev–Trinajstić information content (AvgIpc) is 2.74. The number of hydrogen-bond donors (Lipinski definition) is 2. The van der Waals surface area contributed by atoms with Crippen LogP contribution in [0.4, 0.5) is 0 Å². The van der Waals surface area contributed by atoms with Gasteiger partial charge in [-0.05, 0) is 29.9 Å². The third-order valence-corrected chi connectivity index (χ3v) is 4.69. The molecule has 0 bridgehead atoms. The summed E-state index contributed by atoms with van der Waals surface area (Å²) in [5.74, 6) is -0.312. The number of thiophene rings is 1. The molecular weight excluding hydrogens is 258 g/mol. The van der Waals surface area contributed by atoms with Crippen LogP contribution in [-0.4, -0.2) is 17.1 Å². The molecule has 2 rings (SSSR count). The summed E-state index contributed by atoms with van der Waals surface area (Å²) >= 11 is 1.35. The molecule has 1 heterocycles. The van der Waals surface area contributed by atoms with Crippen molar-refractivity contribution >= 4 is 27.4 Å². The van der Waals surface area contributed by atoms with E-state index in [-0.39, 0.29) is 0 Å². The van der Waals surface area contributed by atoms with Crippen molar-refractivity contribution in [3.63, 3.8) is 0 Å². The molecule has 1 aromatic carbocycles. The number of benzene rings is 1. The Hall–Kier alpha value is -1.39. The maximum atomic E-state index is 11.4.